The molecule has 0 amide bonds. The Hall–Kier alpha value is -1.46. The lowest BCUT2D eigenvalue weighted by atomic mass is 10.2. The Kier molecular flexibility index (Phi) is 3.87. The zero-order chi connectivity index (χ0) is 9.52. The van der Waals surface area contributed by atoms with Crippen molar-refractivity contribution >= 4 is 0 Å². The summed E-state index contributed by atoms with van der Waals surface area (Å²) in [5, 5.41) is 2.91. The molecule has 0 spiro atoms. The van der Waals surface area contributed by atoms with Crippen molar-refractivity contribution in [3.63, 3.8) is 0 Å². The third-order valence-electron chi connectivity index (χ3n) is 1.51. The second kappa shape index (κ2) is 5.23. The Morgan fingerprint density at radius 3 is 2.54 bits per heavy atom. The minimum atomic E-state index is 0.527. The summed E-state index contributed by atoms with van der Waals surface area (Å²) in [6, 6.07) is 7.72. The van der Waals surface area contributed by atoms with Crippen molar-refractivity contribution in [2.75, 3.05) is 13.8 Å². The van der Waals surface area contributed by atoms with Gasteiger partial charge in [-0.05, 0) is 38.2 Å². The van der Waals surface area contributed by atoms with Gasteiger partial charge in [-0.25, -0.2) is 0 Å². The van der Waals surface area contributed by atoms with Crippen LogP contribution in [-0.2, 0) is 0 Å². The molecule has 13 heavy (non-hydrogen) atoms. The molecule has 0 bridgehead atoms. The molecule has 0 atom stereocenters. The van der Waals surface area contributed by atoms with Gasteiger partial charge < -0.3 is 4.74 Å². The lowest BCUT2D eigenvalue weighted by Crippen LogP contribution is -2.13. The van der Waals surface area contributed by atoms with Crippen LogP contribution in [0.1, 0.15) is 12.5 Å². The Balaban J connectivity index is 2.62. The highest BCUT2D eigenvalue weighted by Gasteiger charge is 1.91. The van der Waals surface area contributed by atoms with Gasteiger partial charge in [-0.3, -0.25) is 5.32 Å². The van der Waals surface area contributed by atoms with E-state index in [-0.39, 0.29) is 0 Å². The number of benzene rings is 1. The fourth-order valence-electron chi connectivity index (χ4n) is 0.934. The first-order chi connectivity index (χ1) is 6.36. The summed E-state index contributed by atoms with van der Waals surface area (Å²) in [5.74, 6) is 6.67. The van der Waals surface area contributed by atoms with Crippen LogP contribution in [-0.4, -0.2) is 13.8 Å². The second-order valence-corrected chi connectivity index (χ2v) is 2.54. The van der Waals surface area contributed by atoms with E-state index in [2.05, 4.69) is 17.2 Å². The molecule has 1 aromatic rings. The molecule has 1 rings (SSSR count). The number of rotatable bonds is 3. The van der Waals surface area contributed by atoms with E-state index in [9.17, 15) is 0 Å². The summed E-state index contributed by atoms with van der Waals surface area (Å²) >= 11 is 0. The summed E-state index contributed by atoms with van der Waals surface area (Å²) in [5.41, 5.74) is 1.01. The van der Waals surface area contributed by atoms with E-state index < -0.39 is 0 Å². The highest BCUT2D eigenvalue weighted by atomic mass is 16.5. The first-order valence-electron chi connectivity index (χ1n) is 4.17. The molecule has 0 radical (unpaired) electrons. The molecule has 2 heteroatoms. The molecule has 0 heterocycles. The molecule has 68 valence electrons. The van der Waals surface area contributed by atoms with Crippen LogP contribution >= 0.6 is 0 Å². The van der Waals surface area contributed by atoms with Gasteiger partial charge in [0.25, 0.3) is 0 Å². The van der Waals surface area contributed by atoms with E-state index in [4.69, 9.17) is 4.74 Å². The fraction of sp³-hybridized carbons (Fsp3) is 0.273. The third kappa shape index (κ3) is 3.18. The van der Waals surface area contributed by atoms with Crippen LogP contribution in [0.4, 0.5) is 0 Å². The van der Waals surface area contributed by atoms with Crippen LogP contribution in [0.2, 0.25) is 0 Å². The standard InChI is InChI=1S/C11H13NO/c1-3-4-10-5-7-11(8-6-10)13-9-12-2/h5-8,12H,9H2,1-2H3. The van der Waals surface area contributed by atoms with Gasteiger partial charge in [-0.2, -0.15) is 0 Å². The Morgan fingerprint density at radius 1 is 1.31 bits per heavy atom. The zero-order valence-electron chi connectivity index (χ0n) is 7.92. The molecule has 0 unspecified atom stereocenters. The molecule has 0 saturated carbocycles. The van der Waals surface area contributed by atoms with Gasteiger partial charge in [0, 0.05) is 5.56 Å². The Bertz CT molecular complexity index is 305. The number of nitrogens with one attached hydrogen (secondary N) is 1. The summed E-state index contributed by atoms with van der Waals surface area (Å²) in [6.45, 7) is 2.35. The van der Waals surface area contributed by atoms with E-state index >= 15 is 0 Å². The van der Waals surface area contributed by atoms with Crippen molar-refractivity contribution in [2.24, 2.45) is 0 Å². The normalized spacial score (nSPS) is 8.77. The number of hydrogen-bond donors (Lipinski definition) is 1. The molecule has 0 aliphatic rings. The molecule has 2 nitrogen and oxygen atoms in total. The summed E-state index contributed by atoms with van der Waals surface area (Å²) in [6.07, 6.45) is 0. The summed E-state index contributed by atoms with van der Waals surface area (Å²) < 4.78 is 5.33. The number of ether oxygens (including phenoxy) is 1. The van der Waals surface area contributed by atoms with Crippen LogP contribution in [0, 0.1) is 11.8 Å². The van der Waals surface area contributed by atoms with Gasteiger partial charge in [0.2, 0.25) is 0 Å². The van der Waals surface area contributed by atoms with Crippen LogP contribution in [0.5, 0.6) is 5.75 Å². The molecule has 0 aliphatic carbocycles. The van der Waals surface area contributed by atoms with Gasteiger partial charge in [0.05, 0.1) is 0 Å². The van der Waals surface area contributed by atoms with Crippen molar-refractivity contribution in [3.8, 4) is 17.6 Å². The molecule has 0 fully saturated rings. The molecule has 0 aliphatic heterocycles. The van der Waals surface area contributed by atoms with Crippen LogP contribution in [0.3, 0.4) is 0 Å². The molecular weight excluding hydrogens is 162 g/mol. The molecule has 0 aromatic heterocycles. The first-order valence-corrected chi connectivity index (χ1v) is 4.17. The molecule has 1 N–H and O–H groups in total. The maximum atomic E-state index is 5.33. The Morgan fingerprint density at radius 2 is 2.00 bits per heavy atom. The van der Waals surface area contributed by atoms with E-state index in [0.717, 1.165) is 11.3 Å². The van der Waals surface area contributed by atoms with Crippen molar-refractivity contribution in [2.45, 2.75) is 6.92 Å². The SMILES string of the molecule is CC#Cc1ccc(OCNC)cc1. The van der Waals surface area contributed by atoms with Gasteiger partial charge in [0.15, 0.2) is 0 Å². The van der Waals surface area contributed by atoms with Gasteiger partial charge >= 0.3 is 0 Å². The average molecular weight is 175 g/mol. The maximum Gasteiger partial charge on any atom is 0.139 e. The first kappa shape index (κ1) is 9.63. The average Bonchev–Trinajstić information content (AvgIpc) is 2.17. The van der Waals surface area contributed by atoms with E-state index in [1.165, 1.54) is 0 Å². The van der Waals surface area contributed by atoms with Gasteiger partial charge in [0.1, 0.15) is 12.5 Å². The van der Waals surface area contributed by atoms with Crippen molar-refractivity contribution in [1.82, 2.24) is 5.32 Å². The monoisotopic (exact) mass is 175 g/mol. The van der Waals surface area contributed by atoms with E-state index in [0.29, 0.717) is 6.73 Å². The third-order valence-corrected chi connectivity index (χ3v) is 1.51. The van der Waals surface area contributed by atoms with Crippen LogP contribution in [0.15, 0.2) is 24.3 Å². The van der Waals surface area contributed by atoms with Crippen molar-refractivity contribution in [1.29, 1.82) is 0 Å². The van der Waals surface area contributed by atoms with Gasteiger partial charge in [-0.15, -0.1) is 5.92 Å². The summed E-state index contributed by atoms with van der Waals surface area (Å²) in [7, 11) is 1.84. The Labute approximate surface area is 78.9 Å². The molecule has 1 aromatic carbocycles. The predicted molar refractivity (Wildman–Crippen MR) is 53.5 cm³/mol. The van der Waals surface area contributed by atoms with Crippen molar-refractivity contribution < 1.29 is 4.74 Å². The zero-order valence-corrected chi connectivity index (χ0v) is 7.92. The van der Waals surface area contributed by atoms with E-state index in [1.54, 1.807) is 0 Å². The predicted octanol–water partition coefficient (Wildman–Crippen LogP) is 1.61. The summed E-state index contributed by atoms with van der Waals surface area (Å²) in [4.78, 5) is 0. The fourth-order valence-corrected chi connectivity index (χ4v) is 0.934. The minimum absolute atomic E-state index is 0.527. The van der Waals surface area contributed by atoms with Crippen LogP contribution in [0.25, 0.3) is 0 Å². The largest absolute Gasteiger partial charge is 0.478 e. The quantitative estimate of drug-likeness (QED) is 0.556. The lowest BCUT2D eigenvalue weighted by Gasteiger charge is -2.03. The molecular formula is C11H13NO. The van der Waals surface area contributed by atoms with Gasteiger partial charge in [-0.1, -0.05) is 5.92 Å². The highest BCUT2D eigenvalue weighted by Crippen LogP contribution is 2.10. The maximum absolute atomic E-state index is 5.33. The van der Waals surface area contributed by atoms with E-state index in [1.807, 2.05) is 38.2 Å². The number of hydrogen-bond acceptors (Lipinski definition) is 2. The molecule has 0 saturated heterocycles. The minimum Gasteiger partial charge on any atom is -0.478 e. The second-order valence-electron chi connectivity index (χ2n) is 2.54. The van der Waals surface area contributed by atoms with Crippen LogP contribution < -0.4 is 10.1 Å². The smallest absolute Gasteiger partial charge is 0.139 e. The van der Waals surface area contributed by atoms with Crippen molar-refractivity contribution in [3.05, 3.63) is 29.8 Å². The topological polar surface area (TPSA) is 21.3 Å². The highest BCUT2D eigenvalue weighted by molar-refractivity contribution is 5.37. The lowest BCUT2D eigenvalue weighted by molar-refractivity contribution is 0.296.